The van der Waals surface area contributed by atoms with Crippen LogP contribution in [0.2, 0.25) is 0 Å². The van der Waals surface area contributed by atoms with Crippen molar-refractivity contribution in [2.45, 2.75) is 46.6 Å². The average molecular weight is 530 g/mol. The summed E-state index contributed by atoms with van der Waals surface area (Å²) in [7, 11) is 0. The van der Waals surface area contributed by atoms with Crippen LogP contribution < -0.4 is 10.6 Å². The van der Waals surface area contributed by atoms with Crippen molar-refractivity contribution in [3.05, 3.63) is 35.9 Å². The SMILES string of the molecule is CCNC(=NCC1CC(=O)N(CCc2ccccc2)C1)NCCN(CC)C(C)C.I. The zero-order chi connectivity index (χ0) is 21.1. The van der Waals surface area contributed by atoms with Gasteiger partial charge in [0.05, 0.1) is 0 Å². The third kappa shape index (κ3) is 9.20. The van der Waals surface area contributed by atoms with Crippen molar-refractivity contribution in [3.63, 3.8) is 0 Å². The van der Waals surface area contributed by atoms with Gasteiger partial charge in [0, 0.05) is 57.6 Å². The van der Waals surface area contributed by atoms with E-state index in [1.165, 1.54) is 5.56 Å². The lowest BCUT2D eigenvalue weighted by Crippen LogP contribution is -2.43. The van der Waals surface area contributed by atoms with Gasteiger partial charge < -0.3 is 15.5 Å². The largest absolute Gasteiger partial charge is 0.357 e. The number of hydrogen-bond acceptors (Lipinski definition) is 3. The number of carbonyl (C=O) groups excluding carboxylic acids is 1. The molecule has 1 heterocycles. The standard InChI is InChI=1S/C23H39N5O.HI/c1-5-24-23(25-13-15-27(6-2)19(3)4)26-17-21-16-22(29)28(18-21)14-12-20-10-8-7-9-11-20;/h7-11,19,21H,5-6,12-18H2,1-4H3,(H2,24,25,26);1H. The summed E-state index contributed by atoms with van der Waals surface area (Å²) >= 11 is 0. The van der Waals surface area contributed by atoms with Crippen LogP contribution in [-0.4, -0.2) is 73.5 Å². The monoisotopic (exact) mass is 529 g/mol. The number of likely N-dealkylation sites (tertiary alicyclic amines) is 1. The van der Waals surface area contributed by atoms with Crippen molar-refractivity contribution >= 4 is 35.8 Å². The highest BCUT2D eigenvalue weighted by atomic mass is 127. The molecule has 1 aliphatic rings. The number of rotatable bonds is 11. The maximum atomic E-state index is 12.4. The summed E-state index contributed by atoms with van der Waals surface area (Å²) in [6.45, 7) is 14.8. The number of nitrogens with one attached hydrogen (secondary N) is 2. The van der Waals surface area contributed by atoms with Gasteiger partial charge in [0.1, 0.15) is 0 Å². The average Bonchev–Trinajstić information content (AvgIpc) is 3.07. The molecule has 0 saturated carbocycles. The van der Waals surface area contributed by atoms with Crippen LogP contribution >= 0.6 is 24.0 Å². The zero-order valence-electron chi connectivity index (χ0n) is 19.1. The molecule has 30 heavy (non-hydrogen) atoms. The predicted molar refractivity (Wildman–Crippen MR) is 137 cm³/mol. The Morgan fingerprint density at radius 3 is 2.60 bits per heavy atom. The van der Waals surface area contributed by atoms with Crippen molar-refractivity contribution in [2.75, 3.05) is 45.8 Å². The molecule has 0 aromatic heterocycles. The van der Waals surface area contributed by atoms with Crippen molar-refractivity contribution in [1.82, 2.24) is 20.4 Å². The van der Waals surface area contributed by atoms with Gasteiger partial charge in [-0.3, -0.25) is 14.7 Å². The number of aliphatic imine (C=N–C) groups is 1. The van der Waals surface area contributed by atoms with Gasteiger partial charge in [-0.2, -0.15) is 0 Å². The Kier molecular flexibility index (Phi) is 13.0. The van der Waals surface area contributed by atoms with E-state index in [0.717, 1.165) is 51.6 Å². The highest BCUT2D eigenvalue weighted by Crippen LogP contribution is 2.18. The molecule has 0 radical (unpaired) electrons. The highest BCUT2D eigenvalue weighted by Gasteiger charge is 2.29. The van der Waals surface area contributed by atoms with Crippen LogP contribution in [0.5, 0.6) is 0 Å². The zero-order valence-corrected chi connectivity index (χ0v) is 21.4. The fraction of sp³-hybridized carbons (Fsp3) is 0.652. The summed E-state index contributed by atoms with van der Waals surface area (Å²) in [5.74, 6) is 1.41. The minimum atomic E-state index is 0. The van der Waals surface area contributed by atoms with Crippen molar-refractivity contribution in [2.24, 2.45) is 10.9 Å². The smallest absolute Gasteiger partial charge is 0.223 e. The van der Waals surface area contributed by atoms with E-state index in [9.17, 15) is 4.79 Å². The summed E-state index contributed by atoms with van der Waals surface area (Å²) < 4.78 is 0. The van der Waals surface area contributed by atoms with Crippen LogP contribution in [0.3, 0.4) is 0 Å². The van der Waals surface area contributed by atoms with E-state index >= 15 is 0 Å². The Morgan fingerprint density at radius 1 is 1.23 bits per heavy atom. The normalized spacial score (nSPS) is 16.9. The van der Waals surface area contributed by atoms with E-state index in [1.54, 1.807) is 0 Å². The van der Waals surface area contributed by atoms with Crippen LogP contribution in [0, 0.1) is 5.92 Å². The van der Waals surface area contributed by atoms with Gasteiger partial charge in [0.15, 0.2) is 5.96 Å². The number of amides is 1. The van der Waals surface area contributed by atoms with Gasteiger partial charge in [-0.15, -0.1) is 24.0 Å². The summed E-state index contributed by atoms with van der Waals surface area (Å²) in [4.78, 5) is 21.5. The first-order chi connectivity index (χ1) is 14.0. The third-order valence-corrected chi connectivity index (χ3v) is 5.49. The molecule has 1 amide bonds. The lowest BCUT2D eigenvalue weighted by Gasteiger charge is -2.25. The minimum Gasteiger partial charge on any atom is -0.357 e. The second-order valence-electron chi connectivity index (χ2n) is 8.01. The summed E-state index contributed by atoms with van der Waals surface area (Å²) in [6.07, 6.45) is 1.52. The van der Waals surface area contributed by atoms with E-state index in [4.69, 9.17) is 4.99 Å². The molecule has 1 saturated heterocycles. The van der Waals surface area contributed by atoms with Gasteiger partial charge in [-0.05, 0) is 39.3 Å². The molecule has 0 bridgehead atoms. The fourth-order valence-corrected chi connectivity index (χ4v) is 3.76. The van der Waals surface area contributed by atoms with Crippen LogP contribution in [0.1, 0.15) is 39.7 Å². The number of carbonyl (C=O) groups is 1. The number of nitrogens with zero attached hydrogens (tertiary/aromatic N) is 3. The highest BCUT2D eigenvalue weighted by molar-refractivity contribution is 14.0. The van der Waals surface area contributed by atoms with E-state index in [0.29, 0.717) is 24.9 Å². The molecular formula is C23H40IN5O. The maximum absolute atomic E-state index is 12.4. The van der Waals surface area contributed by atoms with Crippen molar-refractivity contribution in [3.8, 4) is 0 Å². The van der Waals surface area contributed by atoms with Crippen molar-refractivity contribution < 1.29 is 4.79 Å². The molecule has 0 aliphatic carbocycles. The first-order valence-corrected chi connectivity index (χ1v) is 11.1. The molecule has 170 valence electrons. The Balaban J connectivity index is 0.00000450. The number of guanidine groups is 1. The number of halogens is 1. The van der Waals surface area contributed by atoms with Gasteiger partial charge in [-0.25, -0.2) is 0 Å². The Morgan fingerprint density at radius 2 is 1.97 bits per heavy atom. The van der Waals surface area contributed by atoms with Crippen molar-refractivity contribution in [1.29, 1.82) is 0 Å². The molecular weight excluding hydrogens is 489 g/mol. The number of likely N-dealkylation sites (N-methyl/N-ethyl adjacent to an activating group) is 1. The summed E-state index contributed by atoms with van der Waals surface area (Å²) in [6, 6.07) is 10.9. The van der Waals surface area contributed by atoms with Gasteiger partial charge >= 0.3 is 0 Å². The lowest BCUT2D eigenvalue weighted by atomic mass is 10.1. The van der Waals surface area contributed by atoms with E-state index in [2.05, 4.69) is 67.5 Å². The van der Waals surface area contributed by atoms with Gasteiger partial charge in [0.2, 0.25) is 5.91 Å². The topological polar surface area (TPSA) is 60.0 Å². The maximum Gasteiger partial charge on any atom is 0.223 e. The molecule has 1 aromatic carbocycles. The Bertz CT molecular complexity index is 638. The fourth-order valence-electron chi connectivity index (χ4n) is 3.76. The van der Waals surface area contributed by atoms with Crippen LogP contribution in [0.15, 0.2) is 35.3 Å². The predicted octanol–water partition coefficient (Wildman–Crippen LogP) is 2.98. The second kappa shape index (κ2) is 14.6. The molecule has 0 spiro atoms. The van der Waals surface area contributed by atoms with Gasteiger partial charge in [-0.1, -0.05) is 37.3 Å². The van der Waals surface area contributed by atoms with Crippen LogP contribution in [-0.2, 0) is 11.2 Å². The molecule has 7 heteroatoms. The van der Waals surface area contributed by atoms with Crippen LogP contribution in [0.4, 0.5) is 0 Å². The number of benzene rings is 1. The molecule has 2 rings (SSSR count). The van der Waals surface area contributed by atoms with Crippen LogP contribution in [0.25, 0.3) is 0 Å². The third-order valence-electron chi connectivity index (χ3n) is 5.49. The van der Waals surface area contributed by atoms with E-state index < -0.39 is 0 Å². The molecule has 1 fully saturated rings. The number of hydrogen-bond donors (Lipinski definition) is 2. The summed E-state index contributed by atoms with van der Waals surface area (Å²) in [5, 5.41) is 6.75. The van der Waals surface area contributed by atoms with E-state index in [1.807, 2.05) is 11.0 Å². The minimum absolute atomic E-state index is 0. The molecule has 6 nitrogen and oxygen atoms in total. The Labute approximate surface area is 199 Å². The molecule has 1 unspecified atom stereocenters. The molecule has 2 N–H and O–H groups in total. The molecule has 1 atom stereocenters. The quantitative estimate of drug-likeness (QED) is 0.263. The van der Waals surface area contributed by atoms with Gasteiger partial charge in [0.25, 0.3) is 0 Å². The summed E-state index contributed by atoms with van der Waals surface area (Å²) in [5.41, 5.74) is 1.28. The Hall–Kier alpha value is -1.35. The first kappa shape index (κ1) is 26.7. The molecule has 1 aliphatic heterocycles. The second-order valence-corrected chi connectivity index (χ2v) is 8.01. The lowest BCUT2D eigenvalue weighted by molar-refractivity contribution is -0.127. The first-order valence-electron chi connectivity index (χ1n) is 11.1. The molecule has 1 aromatic rings. The van der Waals surface area contributed by atoms with E-state index in [-0.39, 0.29) is 29.9 Å².